The molecule has 0 aliphatic carbocycles. The molecule has 1 atom stereocenters. The van der Waals surface area contributed by atoms with Crippen LogP contribution in [0.3, 0.4) is 0 Å². The van der Waals surface area contributed by atoms with Crippen molar-refractivity contribution in [1.29, 1.82) is 0 Å². The molecule has 2 aromatic carbocycles. The molecule has 0 bridgehead atoms. The molecular weight excluding hydrogens is 532 g/mol. The second kappa shape index (κ2) is 13.4. The molecule has 13 nitrogen and oxygen atoms in total. The molecule has 0 saturated carbocycles. The predicted octanol–water partition coefficient (Wildman–Crippen LogP) is 1.78. The summed E-state index contributed by atoms with van der Waals surface area (Å²) in [4.78, 5) is 71.5. The fraction of sp³-hybridized carbons (Fsp3) is 0.320. The fourth-order valence-corrected chi connectivity index (χ4v) is 4.16. The van der Waals surface area contributed by atoms with Crippen molar-refractivity contribution in [1.82, 2.24) is 10.2 Å². The number of anilines is 1. The smallest absolute Gasteiger partial charge is 0.302 e. The fourth-order valence-electron chi connectivity index (χ4n) is 3.53. The molecule has 1 saturated heterocycles. The Morgan fingerprint density at radius 1 is 1.08 bits per heavy atom. The van der Waals surface area contributed by atoms with Gasteiger partial charge < -0.3 is 20.1 Å². The van der Waals surface area contributed by atoms with Crippen LogP contribution in [0, 0.1) is 10.1 Å². The monoisotopic (exact) mass is 558 g/mol. The standard InChI is InChI=1S/C25H26N4O9S/c1-15(30)37-14-17-5-8-20(38-13-16-3-6-18(7-4-16)29(35)36)19(9-17)27-22(31)11-26-23(32)12-28-24(33)10-21(39-2)25(28)34/h3-9,21H,10-14H2,1-2H3,(H,26,32)(H,27,31). The van der Waals surface area contributed by atoms with Gasteiger partial charge in [-0.05, 0) is 41.6 Å². The van der Waals surface area contributed by atoms with E-state index in [-0.39, 0.29) is 36.8 Å². The third kappa shape index (κ3) is 8.26. The van der Waals surface area contributed by atoms with Crippen LogP contribution in [-0.4, -0.2) is 64.0 Å². The summed E-state index contributed by atoms with van der Waals surface area (Å²) in [5.74, 6) is -2.40. The molecule has 3 rings (SSSR count). The molecule has 0 spiro atoms. The maximum absolute atomic E-state index is 12.6. The second-order valence-electron chi connectivity index (χ2n) is 8.39. The maximum atomic E-state index is 12.6. The molecule has 1 unspecified atom stereocenters. The molecule has 14 heteroatoms. The highest BCUT2D eigenvalue weighted by Crippen LogP contribution is 2.28. The summed E-state index contributed by atoms with van der Waals surface area (Å²) in [7, 11) is 0. The summed E-state index contributed by atoms with van der Waals surface area (Å²) < 4.78 is 10.8. The normalized spacial score (nSPS) is 14.6. The minimum atomic E-state index is -0.674. The highest BCUT2D eigenvalue weighted by Gasteiger charge is 2.38. The van der Waals surface area contributed by atoms with E-state index in [0.717, 1.165) is 4.90 Å². The van der Waals surface area contributed by atoms with Crippen molar-refractivity contribution in [2.24, 2.45) is 0 Å². The van der Waals surface area contributed by atoms with E-state index in [1.165, 1.54) is 49.0 Å². The van der Waals surface area contributed by atoms with Crippen LogP contribution in [-0.2, 0) is 41.9 Å². The van der Waals surface area contributed by atoms with Crippen LogP contribution in [0.5, 0.6) is 5.75 Å². The number of carbonyl (C=O) groups excluding carboxylic acids is 5. The number of amides is 4. The van der Waals surface area contributed by atoms with Crippen molar-refractivity contribution in [2.45, 2.75) is 31.8 Å². The maximum Gasteiger partial charge on any atom is 0.302 e. The van der Waals surface area contributed by atoms with Crippen molar-refractivity contribution in [3.8, 4) is 5.75 Å². The number of benzene rings is 2. The first-order valence-corrected chi connectivity index (χ1v) is 12.9. The minimum Gasteiger partial charge on any atom is -0.487 e. The lowest BCUT2D eigenvalue weighted by molar-refractivity contribution is -0.384. The number of nitro groups is 1. The number of hydrogen-bond donors (Lipinski definition) is 2. The van der Waals surface area contributed by atoms with E-state index in [1.54, 1.807) is 18.4 Å². The Morgan fingerprint density at radius 2 is 1.77 bits per heavy atom. The average Bonchev–Trinajstić information content (AvgIpc) is 3.18. The summed E-state index contributed by atoms with van der Waals surface area (Å²) in [6.45, 7) is 0.320. The van der Waals surface area contributed by atoms with Crippen LogP contribution in [0.25, 0.3) is 0 Å². The van der Waals surface area contributed by atoms with E-state index in [0.29, 0.717) is 11.1 Å². The molecule has 0 radical (unpaired) electrons. The zero-order chi connectivity index (χ0) is 28.5. The number of ether oxygens (including phenoxy) is 2. The second-order valence-corrected chi connectivity index (χ2v) is 9.43. The van der Waals surface area contributed by atoms with Gasteiger partial charge in [-0.1, -0.05) is 6.07 Å². The van der Waals surface area contributed by atoms with Crippen molar-refractivity contribution < 1.29 is 38.4 Å². The summed E-state index contributed by atoms with van der Waals surface area (Å²) in [6, 6.07) is 10.5. The molecule has 39 heavy (non-hydrogen) atoms. The van der Waals surface area contributed by atoms with E-state index in [2.05, 4.69) is 10.6 Å². The number of hydrogen-bond acceptors (Lipinski definition) is 10. The number of non-ortho nitro benzene ring substituents is 1. The Labute approximate surface area is 227 Å². The van der Waals surface area contributed by atoms with Crippen molar-refractivity contribution in [2.75, 3.05) is 24.7 Å². The van der Waals surface area contributed by atoms with Gasteiger partial charge >= 0.3 is 5.97 Å². The SMILES string of the molecule is CSC1CC(=O)N(CC(=O)NCC(=O)Nc2cc(COC(C)=O)ccc2OCc2ccc([N+](=O)[O-])cc2)C1=O. The van der Waals surface area contributed by atoms with Gasteiger partial charge in [0, 0.05) is 25.5 Å². The van der Waals surface area contributed by atoms with E-state index in [4.69, 9.17) is 9.47 Å². The van der Waals surface area contributed by atoms with Crippen molar-refractivity contribution >= 4 is 52.7 Å². The number of esters is 1. The molecule has 4 amide bonds. The Kier molecular flexibility index (Phi) is 9.98. The number of nitro benzene ring substituents is 1. The van der Waals surface area contributed by atoms with E-state index in [9.17, 15) is 34.1 Å². The molecular formula is C25H26N4O9S. The summed E-state index contributed by atoms with van der Waals surface area (Å²) in [6.07, 6.45) is 1.73. The number of rotatable bonds is 12. The van der Waals surface area contributed by atoms with Gasteiger partial charge in [0.2, 0.25) is 23.6 Å². The van der Waals surface area contributed by atoms with Gasteiger partial charge in [-0.25, -0.2) is 0 Å². The quantitative estimate of drug-likeness (QED) is 0.169. The van der Waals surface area contributed by atoms with Gasteiger partial charge in [0.15, 0.2) is 0 Å². The minimum absolute atomic E-state index is 0.0279. The van der Waals surface area contributed by atoms with Gasteiger partial charge in [-0.2, -0.15) is 11.8 Å². The van der Waals surface area contributed by atoms with Crippen LogP contribution in [0.4, 0.5) is 11.4 Å². The number of nitrogens with zero attached hydrogens (tertiary/aromatic N) is 2. The average molecular weight is 559 g/mol. The zero-order valence-corrected chi connectivity index (χ0v) is 21.9. The number of nitrogens with one attached hydrogen (secondary N) is 2. The lowest BCUT2D eigenvalue weighted by Gasteiger charge is -2.16. The Bertz CT molecular complexity index is 1280. The lowest BCUT2D eigenvalue weighted by atomic mass is 10.2. The molecule has 2 N–H and O–H groups in total. The first-order chi connectivity index (χ1) is 18.6. The Morgan fingerprint density at radius 3 is 2.38 bits per heavy atom. The molecule has 1 aliphatic rings. The van der Waals surface area contributed by atoms with E-state index in [1.807, 2.05) is 0 Å². The van der Waals surface area contributed by atoms with Gasteiger partial charge in [0.05, 0.1) is 22.4 Å². The lowest BCUT2D eigenvalue weighted by Crippen LogP contribution is -2.43. The molecule has 0 aromatic heterocycles. The van der Waals surface area contributed by atoms with Gasteiger partial charge in [0.1, 0.15) is 25.5 Å². The van der Waals surface area contributed by atoms with Crippen molar-refractivity contribution in [3.63, 3.8) is 0 Å². The van der Waals surface area contributed by atoms with Gasteiger partial charge in [-0.15, -0.1) is 0 Å². The molecule has 206 valence electrons. The van der Waals surface area contributed by atoms with Crippen molar-refractivity contribution in [3.05, 3.63) is 63.7 Å². The van der Waals surface area contributed by atoms with Gasteiger partial charge in [0.25, 0.3) is 5.69 Å². The number of imide groups is 1. The molecule has 2 aromatic rings. The first kappa shape index (κ1) is 29.1. The van der Waals surface area contributed by atoms with Crippen LogP contribution in [0.15, 0.2) is 42.5 Å². The summed E-state index contributed by atoms with van der Waals surface area (Å²) in [5, 5.41) is 15.3. The number of likely N-dealkylation sites (tertiary alicyclic amines) is 1. The zero-order valence-electron chi connectivity index (χ0n) is 21.1. The predicted molar refractivity (Wildman–Crippen MR) is 140 cm³/mol. The van der Waals surface area contributed by atoms with Crippen LogP contribution < -0.4 is 15.4 Å². The first-order valence-electron chi connectivity index (χ1n) is 11.6. The largest absolute Gasteiger partial charge is 0.487 e. The molecule has 1 aliphatic heterocycles. The van der Waals surface area contributed by atoms with Gasteiger partial charge in [-0.3, -0.25) is 39.0 Å². The highest BCUT2D eigenvalue weighted by molar-refractivity contribution is 8.00. The summed E-state index contributed by atoms with van der Waals surface area (Å²) >= 11 is 1.23. The highest BCUT2D eigenvalue weighted by atomic mass is 32.2. The third-order valence-corrected chi connectivity index (χ3v) is 6.47. The van der Waals surface area contributed by atoms with Crippen LogP contribution in [0.2, 0.25) is 0 Å². The summed E-state index contributed by atoms with van der Waals surface area (Å²) in [5.41, 5.74) is 1.37. The number of carbonyl (C=O) groups is 5. The third-order valence-electron chi connectivity index (χ3n) is 5.54. The Hall–Kier alpha value is -4.46. The van der Waals surface area contributed by atoms with Crippen LogP contribution >= 0.6 is 11.8 Å². The molecule has 1 fully saturated rings. The number of thioether (sulfide) groups is 1. The molecule has 1 heterocycles. The van der Waals surface area contributed by atoms with Crippen LogP contribution in [0.1, 0.15) is 24.5 Å². The topological polar surface area (TPSA) is 174 Å². The Balaban J connectivity index is 1.63. The van der Waals surface area contributed by atoms with E-state index < -0.39 is 52.9 Å². The van der Waals surface area contributed by atoms with E-state index >= 15 is 0 Å².